The van der Waals surface area contributed by atoms with E-state index in [1.165, 1.54) is 18.4 Å². The minimum Gasteiger partial charge on any atom is -0.490 e. The summed E-state index contributed by atoms with van der Waals surface area (Å²) in [6.07, 6.45) is 0. The van der Waals surface area contributed by atoms with Gasteiger partial charge in [-0.3, -0.25) is 4.79 Å². The third-order valence-corrected chi connectivity index (χ3v) is 6.02. The summed E-state index contributed by atoms with van der Waals surface area (Å²) in [6.45, 7) is 7.71. The first-order valence-corrected chi connectivity index (χ1v) is 12.1. The van der Waals surface area contributed by atoms with Crippen molar-refractivity contribution in [1.29, 1.82) is 0 Å². The van der Waals surface area contributed by atoms with E-state index in [1.807, 2.05) is 31.4 Å². The van der Waals surface area contributed by atoms with Crippen LogP contribution in [-0.2, 0) is 16.0 Å². The number of amides is 1. The number of hydrogen-bond donors (Lipinski definition) is 0. The summed E-state index contributed by atoms with van der Waals surface area (Å²) in [7, 11) is 2.94. The third-order valence-electron chi connectivity index (χ3n) is 4.98. The van der Waals surface area contributed by atoms with Gasteiger partial charge in [-0.15, -0.1) is 0 Å². The minimum absolute atomic E-state index is 0.311. The molecule has 0 spiro atoms. The maximum absolute atomic E-state index is 13.3. The molecule has 0 aliphatic rings. The number of nitrogens with zero attached hydrogens (tertiary/aromatic N) is 2. The molecule has 1 amide bonds. The number of thiazole rings is 1. The van der Waals surface area contributed by atoms with Crippen LogP contribution in [0.3, 0.4) is 0 Å². The number of aromatic nitrogens is 1. The Hall–Kier alpha value is -3.37. The molecular weight excluding hydrogens is 472 g/mol. The average Bonchev–Trinajstić information content (AvgIpc) is 3.20. The molecule has 35 heavy (non-hydrogen) atoms. The Morgan fingerprint density at radius 1 is 0.914 bits per heavy atom. The third kappa shape index (κ3) is 6.01. The number of rotatable bonds is 11. The fourth-order valence-corrected chi connectivity index (χ4v) is 4.56. The van der Waals surface area contributed by atoms with Gasteiger partial charge >= 0.3 is 5.97 Å². The first kappa shape index (κ1) is 26.2. The van der Waals surface area contributed by atoms with Gasteiger partial charge in [-0.05, 0) is 51.1 Å². The van der Waals surface area contributed by atoms with Crippen molar-refractivity contribution >= 4 is 33.4 Å². The van der Waals surface area contributed by atoms with E-state index in [2.05, 4.69) is 4.99 Å². The second-order valence-electron chi connectivity index (χ2n) is 7.22. The highest BCUT2D eigenvalue weighted by molar-refractivity contribution is 7.16. The second-order valence-corrected chi connectivity index (χ2v) is 8.23. The van der Waals surface area contributed by atoms with Crippen molar-refractivity contribution < 1.29 is 33.3 Å². The van der Waals surface area contributed by atoms with Gasteiger partial charge in [0.1, 0.15) is 0 Å². The van der Waals surface area contributed by atoms with Crippen LogP contribution < -0.4 is 19.0 Å². The van der Waals surface area contributed by atoms with Crippen LogP contribution >= 0.6 is 11.3 Å². The van der Waals surface area contributed by atoms with Crippen molar-refractivity contribution in [3.8, 4) is 17.2 Å². The van der Waals surface area contributed by atoms with E-state index in [0.29, 0.717) is 66.1 Å². The second kappa shape index (κ2) is 12.4. The van der Waals surface area contributed by atoms with Crippen LogP contribution in [0.5, 0.6) is 17.2 Å². The first-order valence-electron chi connectivity index (χ1n) is 11.3. The van der Waals surface area contributed by atoms with Gasteiger partial charge in [0.05, 0.1) is 49.3 Å². The molecule has 9 nitrogen and oxygen atoms in total. The lowest BCUT2D eigenvalue weighted by molar-refractivity contribution is 0.0600. The minimum atomic E-state index is -0.458. The molecule has 0 radical (unpaired) electrons. The molecule has 1 aromatic heterocycles. The summed E-state index contributed by atoms with van der Waals surface area (Å²) < 4.78 is 29.9. The molecule has 10 heteroatoms. The molecule has 0 aliphatic heterocycles. The highest BCUT2D eigenvalue weighted by atomic mass is 32.1. The highest BCUT2D eigenvalue weighted by Gasteiger charge is 2.19. The lowest BCUT2D eigenvalue weighted by Crippen LogP contribution is -2.19. The van der Waals surface area contributed by atoms with E-state index in [-0.39, 0.29) is 0 Å². The van der Waals surface area contributed by atoms with E-state index in [4.69, 9.17) is 23.7 Å². The van der Waals surface area contributed by atoms with Crippen LogP contribution in [0.25, 0.3) is 10.2 Å². The van der Waals surface area contributed by atoms with Crippen LogP contribution in [0.15, 0.2) is 35.3 Å². The predicted molar refractivity (Wildman–Crippen MR) is 133 cm³/mol. The molecule has 0 saturated heterocycles. The zero-order valence-corrected chi connectivity index (χ0v) is 21.4. The van der Waals surface area contributed by atoms with Gasteiger partial charge in [-0.1, -0.05) is 11.3 Å². The molecular formula is C25H30N2O7S. The molecule has 0 N–H and O–H groups in total. The molecule has 3 aromatic rings. The van der Waals surface area contributed by atoms with Crippen LogP contribution in [0.2, 0.25) is 0 Å². The van der Waals surface area contributed by atoms with Gasteiger partial charge in [0, 0.05) is 19.2 Å². The van der Waals surface area contributed by atoms with E-state index in [0.717, 1.165) is 10.2 Å². The monoisotopic (exact) mass is 502 g/mol. The summed E-state index contributed by atoms with van der Waals surface area (Å²) in [5, 5.41) is 0. The number of ether oxygens (including phenoxy) is 5. The molecule has 2 aromatic carbocycles. The number of carbonyl (C=O) groups excluding carboxylic acids is 2. The highest BCUT2D eigenvalue weighted by Crippen LogP contribution is 2.39. The van der Waals surface area contributed by atoms with Crippen molar-refractivity contribution in [2.75, 3.05) is 40.6 Å². The zero-order valence-electron chi connectivity index (χ0n) is 20.6. The molecule has 0 saturated carbocycles. The summed E-state index contributed by atoms with van der Waals surface area (Å²) in [5.41, 5.74) is 1.57. The quantitative estimate of drug-likeness (QED) is 0.365. The van der Waals surface area contributed by atoms with E-state index >= 15 is 0 Å². The van der Waals surface area contributed by atoms with Crippen molar-refractivity contribution in [2.45, 2.75) is 27.3 Å². The predicted octanol–water partition coefficient (Wildman–Crippen LogP) is 4.07. The Morgan fingerprint density at radius 2 is 1.57 bits per heavy atom. The van der Waals surface area contributed by atoms with Gasteiger partial charge < -0.3 is 28.3 Å². The van der Waals surface area contributed by atoms with E-state index in [9.17, 15) is 9.59 Å². The Kier molecular flexibility index (Phi) is 9.27. The van der Waals surface area contributed by atoms with Crippen molar-refractivity contribution in [2.24, 2.45) is 4.99 Å². The Labute approximate surface area is 207 Å². The van der Waals surface area contributed by atoms with Crippen molar-refractivity contribution in [3.05, 3.63) is 46.3 Å². The van der Waals surface area contributed by atoms with Crippen LogP contribution in [0, 0.1) is 0 Å². The Bertz CT molecular complexity index is 1240. The lowest BCUT2D eigenvalue weighted by atomic mass is 10.1. The average molecular weight is 503 g/mol. The molecule has 0 unspecified atom stereocenters. The summed E-state index contributed by atoms with van der Waals surface area (Å²) >= 11 is 1.30. The molecule has 0 fully saturated rings. The van der Waals surface area contributed by atoms with Gasteiger partial charge in [-0.25, -0.2) is 4.79 Å². The number of fused-ring (bicyclic) bond motifs is 1. The maximum Gasteiger partial charge on any atom is 0.337 e. The topological polar surface area (TPSA) is 97.6 Å². The number of hydrogen-bond acceptors (Lipinski definition) is 8. The Balaban J connectivity index is 2.13. The fourth-order valence-electron chi connectivity index (χ4n) is 3.47. The number of carbonyl (C=O) groups is 2. The van der Waals surface area contributed by atoms with Crippen molar-refractivity contribution in [1.82, 2.24) is 4.57 Å². The van der Waals surface area contributed by atoms with E-state index < -0.39 is 11.9 Å². The molecule has 1 heterocycles. The first-order chi connectivity index (χ1) is 17.0. The lowest BCUT2D eigenvalue weighted by Gasteiger charge is -2.16. The normalized spacial score (nSPS) is 11.5. The molecule has 0 atom stereocenters. The maximum atomic E-state index is 13.3. The van der Waals surface area contributed by atoms with Gasteiger partial charge in [0.15, 0.2) is 16.3 Å². The van der Waals surface area contributed by atoms with E-state index in [1.54, 1.807) is 31.4 Å². The zero-order chi connectivity index (χ0) is 25.4. The SMILES string of the molecule is CCOc1cc(C(=O)N=c2sc3cc(C(=O)OC)ccc3n2CCOC)cc(OCC)c1OCC. The van der Waals surface area contributed by atoms with Gasteiger partial charge in [0.25, 0.3) is 5.91 Å². The van der Waals surface area contributed by atoms with Gasteiger partial charge in [0.2, 0.25) is 5.75 Å². The molecule has 0 aliphatic carbocycles. The largest absolute Gasteiger partial charge is 0.490 e. The Morgan fingerprint density at radius 3 is 2.14 bits per heavy atom. The summed E-state index contributed by atoms with van der Waals surface area (Å²) in [5.74, 6) is 0.413. The summed E-state index contributed by atoms with van der Waals surface area (Å²) in [4.78, 5) is 30.2. The van der Waals surface area contributed by atoms with Crippen molar-refractivity contribution in [3.63, 3.8) is 0 Å². The van der Waals surface area contributed by atoms with Crippen LogP contribution in [0.4, 0.5) is 0 Å². The number of methoxy groups -OCH3 is 2. The van der Waals surface area contributed by atoms with Crippen LogP contribution in [-0.4, -0.2) is 57.1 Å². The number of esters is 1. The summed E-state index contributed by atoms with van der Waals surface area (Å²) in [6, 6.07) is 8.46. The molecule has 188 valence electrons. The molecule has 3 rings (SSSR count). The van der Waals surface area contributed by atoms with Gasteiger partial charge in [-0.2, -0.15) is 4.99 Å². The standard InChI is InChI=1S/C25H30N2O7S/c1-6-32-19-13-17(14-20(33-7-2)22(19)34-8-3)23(28)26-25-27(11-12-30-4)18-10-9-16(24(29)31-5)15-21(18)35-25/h9-10,13-15H,6-8,11-12H2,1-5H3. The smallest absolute Gasteiger partial charge is 0.337 e. The molecule has 0 bridgehead atoms. The fraction of sp³-hybridized carbons (Fsp3) is 0.400. The number of benzene rings is 2. The van der Waals surface area contributed by atoms with Crippen LogP contribution in [0.1, 0.15) is 41.5 Å².